The minimum atomic E-state index is 0.114. The number of hydrogen-bond donors (Lipinski definition) is 0. The van der Waals surface area contributed by atoms with Crippen molar-refractivity contribution in [1.29, 1.82) is 0 Å². The first kappa shape index (κ1) is 13.7. The van der Waals surface area contributed by atoms with Crippen LogP contribution >= 0.6 is 0 Å². The third-order valence-electron chi connectivity index (χ3n) is 4.62. The van der Waals surface area contributed by atoms with Gasteiger partial charge in [0.2, 0.25) is 0 Å². The molecule has 0 N–H and O–H groups in total. The zero-order valence-corrected chi connectivity index (χ0v) is 12.4. The smallest absolute Gasteiger partial charge is 0.254 e. The Morgan fingerprint density at radius 3 is 2.59 bits per heavy atom. The summed E-state index contributed by atoms with van der Waals surface area (Å²) in [6, 6.07) is 10.2. The molecule has 0 atom stereocenters. The molecule has 5 heteroatoms. The molecule has 3 heterocycles. The van der Waals surface area contributed by atoms with Crippen LogP contribution in [0.25, 0.3) is 10.9 Å². The first-order chi connectivity index (χ1) is 10.8. The summed E-state index contributed by atoms with van der Waals surface area (Å²) in [7, 11) is 0. The normalized spacial score (nSPS) is 20.1. The van der Waals surface area contributed by atoms with E-state index in [1.165, 1.54) is 0 Å². The molecule has 2 aromatic rings. The summed E-state index contributed by atoms with van der Waals surface area (Å²) in [4.78, 5) is 21.5. The predicted molar refractivity (Wildman–Crippen MR) is 83.8 cm³/mol. The van der Waals surface area contributed by atoms with E-state index in [9.17, 15) is 4.79 Å². The molecule has 0 aliphatic carbocycles. The Labute approximate surface area is 129 Å². The predicted octanol–water partition coefficient (Wildman–Crippen LogP) is 1.39. The van der Waals surface area contributed by atoms with Crippen LogP contribution in [0.1, 0.15) is 10.4 Å². The number of hydrogen-bond acceptors (Lipinski definition) is 4. The highest BCUT2D eigenvalue weighted by Crippen LogP contribution is 2.20. The molecule has 1 aromatic heterocycles. The molecular formula is C17H19N3O2. The lowest BCUT2D eigenvalue weighted by molar-refractivity contribution is -0.0746. The minimum absolute atomic E-state index is 0.114. The number of ether oxygens (including phenoxy) is 1. The van der Waals surface area contributed by atoms with Gasteiger partial charge in [-0.15, -0.1) is 0 Å². The van der Waals surface area contributed by atoms with E-state index >= 15 is 0 Å². The fourth-order valence-electron chi connectivity index (χ4n) is 3.18. The Hall–Kier alpha value is -1.98. The maximum Gasteiger partial charge on any atom is 0.254 e. The highest BCUT2D eigenvalue weighted by Gasteiger charge is 2.30. The third kappa shape index (κ3) is 2.36. The molecule has 2 aliphatic rings. The van der Waals surface area contributed by atoms with E-state index in [0.717, 1.165) is 55.9 Å². The number of fused-ring (bicyclic) bond motifs is 1. The number of benzene rings is 1. The van der Waals surface area contributed by atoms with Crippen LogP contribution in [0.2, 0.25) is 0 Å². The van der Waals surface area contributed by atoms with E-state index in [0.29, 0.717) is 6.04 Å². The van der Waals surface area contributed by atoms with Crippen molar-refractivity contribution in [3.8, 4) is 0 Å². The van der Waals surface area contributed by atoms with Gasteiger partial charge < -0.3 is 9.64 Å². The van der Waals surface area contributed by atoms with Crippen LogP contribution in [0.4, 0.5) is 0 Å². The third-order valence-corrected chi connectivity index (χ3v) is 4.62. The number of carbonyl (C=O) groups excluding carboxylic acids is 1. The molecule has 2 saturated heterocycles. The van der Waals surface area contributed by atoms with E-state index in [-0.39, 0.29) is 5.91 Å². The molecule has 22 heavy (non-hydrogen) atoms. The summed E-state index contributed by atoms with van der Waals surface area (Å²) in [5.41, 5.74) is 1.63. The average Bonchev–Trinajstić information content (AvgIpc) is 2.53. The first-order valence-electron chi connectivity index (χ1n) is 7.78. The molecular weight excluding hydrogens is 278 g/mol. The molecule has 0 bridgehead atoms. The van der Waals surface area contributed by atoms with Gasteiger partial charge in [0.15, 0.2) is 0 Å². The van der Waals surface area contributed by atoms with Gasteiger partial charge >= 0.3 is 0 Å². The number of aromatic nitrogens is 1. The Balaban J connectivity index is 1.52. The summed E-state index contributed by atoms with van der Waals surface area (Å²) in [5.74, 6) is 0.114. The molecule has 0 saturated carbocycles. The SMILES string of the molecule is O=C(c1ccnc2ccccc12)N1CCN(C2COC2)CC1. The summed E-state index contributed by atoms with van der Waals surface area (Å²) < 4.78 is 5.25. The Bertz CT molecular complexity index is 686. The molecule has 5 nitrogen and oxygen atoms in total. The Morgan fingerprint density at radius 2 is 1.86 bits per heavy atom. The van der Waals surface area contributed by atoms with Crippen LogP contribution in [-0.2, 0) is 4.74 Å². The molecule has 0 radical (unpaired) electrons. The van der Waals surface area contributed by atoms with Crippen molar-refractivity contribution in [2.45, 2.75) is 6.04 Å². The fraction of sp³-hybridized carbons (Fsp3) is 0.412. The number of rotatable bonds is 2. The number of nitrogens with zero attached hydrogens (tertiary/aromatic N) is 3. The van der Waals surface area contributed by atoms with Crippen molar-refractivity contribution in [1.82, 2.24) is 14.8 Å². The van der Waals surface area contributed by atoms with E-state index < -0.39 is 0 Å². The standard InChI is InChI=1S/C17H19N3O2/c21-17(15-5-6-18-16-4-2-1-3-14(15)16)20-9-7-19(8-10-20)13-11-22-12-13/h1-6,13H,7-12H2. The van der Waals surface area contributed by atoms with Gasteiger partial charge in [0.25, 0.3) is 5.91 Å². The summed E-state index contributed by atoms with van der Waals surface area (Å²) in [6.07, 6.45) is 1.72. The largest absolute Gasteiger partial charge is 0.378 e. The van der Waals surface area contributed by atoms with Gasteiger partial charge in [-0.05, 0) is 12.1 Å². The van der Waals surface area contributed by atoms with E-state index in [4.69, 9.17) is 4.74 Å². The second-order valence-electron chi connectivity index (χ2n) is 5.90. The lowest BCUT2D eigenvalue weighted by atomic mass is 10.1. The lowest BCUT2D eigenvalue weighted by Crippen LogP contribution is -2.57. The van der Waals surface area contributed by atoms with Crippen LogP contribution in [-0.4, -0.2) is 66.1 Å². The second-order valence-corrected chi connectivity index (χ2v) is 5.90. The maximum atomic E-state index is 12.8. The van der Waals surface area contributed by atoms with Crippen LogP contribution in [0.3, 0.4) is 0 Å². The van der Waals surface area contributed by atoms with Gasteiger partial charge in [0.1, 0.15) is 0 Å². The average molecular weight is 297 g/mol. The Kier molecular flexibility index (Phi) is 3.52. The zero-order chi connectivity index (χ0) is 14.9. The van der Waals surface area contributed by atoms with E-state index in [1.807, 2.05) is 35.2 Å². The van der Waals surface area contributed by atoms with Crippen LogP contribution in [0.15, 0.2) is 36.5 Å². The monoisotopic (exact) mass is 297 g/mol. The molecule has 114 valence electrons. The van der Waals surface area contributed by atoms with Gasteiger partial charge in [-0.25, -0.2) is 0 Å². The molecule has 1 amide bonds. The van der Waals surface area contributed by atoms with Crippen molar-refractivity contribution in [2.75, 3.05) is 39.4 Å². The lowest BCUT2D eigenvalue weighted by Gasteiger charge is -2.42. The topological polar surface area (TPSA) is 45.7 Å². The second kappa shape index (κ2) is 5.66. The molecule has 1 aromatic carbocycles. The highest BCUT2D eigenvalue weighted by molar-refractivity contribution is 6.05. The van der Waals surface area contributed by atoms with Crippen molar-refractivity contribution in [3.63, 3.8) is 0 Å². The van der Waals surface area contributed by atoms with Crippen LogP contribution in [0, 0.1) is 0 Å². The van der Waals surface area contributed by atoms with Gasteiger partial charge in [0, 0.05) is 37.8 Å². The minimum Gasteiger partial charge on any atom is -0.378 e. The van der Waals surface area contributed by atoms with Crippen LogP contribution < -0.4 is 0 Å². The number of piperazine rings is 1. The molecule has 0 unspecified atom stereocenters. The Morgan fingerprint density at radius 1 is 1.09 bits per heavy atom. The molecule has 2 fully saturated rings. The summed E-state index contributed by atoms with van der Waals surface area (Å²) >= 11 is 0. The molecule has 0 spiro atoms. The van der Waals surface area contributed by atoms with Crippen molar-refractivity contribution in [3.05, 3.63) is 42.1 Å². The molecule has 2 aliphatic heterocycles. The first-order valence-corrected chi connectivity index (χ1v) is 7.78. The van der Waals surface area contributed by atoms with E-state index in [2.05, 4.69) is 9.88 Å². The van der Waals surface area contributed by atoms with E-state index in [1.54, 1.807) is 6.20 Å². The number of amides is 1. The van der Waals surface area contributed by atoms with Gasteiger partial charge in [-0.2, -0.15) is 0 Å². The van der Waals surface area contributed by atoms with Gasteiger partial charge in [0.05, 0.1) is 30.3 Å². The summed E-state index contributed by atoms with van der Waals surface area (Å²) in [6.45, 7) is 5.11. The van der Waals surface area contributed by atoms with Gasteiger partial charge in [-0.1, -0.05) is 18.2 Å². The zero-order valence-electron chi connectivity index (χ0n) is 12.4. The maximum absolute atomic E-state index is 12.8. The number of para-hydroxylation sites is 1. The highest BCUT2D eigenvalue weighted by atomic mass is 16.5. The van der Waals surface area contributed by atoms with Gasteiger partial charge in [-0.3, -0.25) is 14.7 Å². The van der Waals surface area contributed by atoms with Crippen molar-refractivity contribution in [2.24, 2.45) is 0 Å². The number of pyridine rings is 1. The number of carbonyl (C=O) groups is 1. The summed E-state index contributed by atoms with van der Waals surface area (Å²) in [5, 5.41) is 0.935. The fourth-order valence-corrected chi connectivity index (χ4v) is 3.18. The quantitative estimate of drug-likeness (QED) is 0.840. The van der Waals surface area contributed by atoms with Crippen LogP contribution in [0.5, 0.6) is 0 Å². The van der Waals surface area contributed by atoms with Crippen molar-refractivity contribution >= 4 is 16.8 Å². The molecule has 4 rings (SSSR count). The van der Waals surface area contributed by atoms with Crippen molar-refractivity contribution < 1.29 is 9.53 Å².